The van der Waals surface area contributed by atoms with Crippen molar-refractivity contribution < 1.29 is 27.8 Å². The lowest BCUT2D eigenvalue weighted by Gasteiger charge is -2.14. The van der Waals surface area contributed by atoms with Gasteiger partial charge in [-0.2, -0.15) is 8.78 Å². The summed E-state index contributed by atoms with van der Waals surface area (Å²) >= 11 is 0. The van der Waals surface area contributed by atoms with Gasteiger partial charge in [-0.05, 0) is 0 Å². The van der Waals surface area contributed by atoms with E-state index >= 15 is 0 Å². The third-order valence-electron chi connectivity index (χ3n) is 1.02. The van der Waals surface area contributed by atoms with Crippen molar-refractivity contribution in [2.24, 2.45) is 0 Å². The highest BCUT2D eigenvalue weighted by atomic mass is 19.3. The molecule has 0 radical (unpaired) electrons. The molecule has 0 unspecified atom stereocenters. The van der Waals surface area contributed by atoms with Crippen LogP contribution in [0.25, 0.3) is 0 Å². The Labute approximate surface area is 60.4 Å². The van der Waals surface area contributed by atoms with Gasteiger partial charge in [-0.3, -0.25) is 0 Å². The Bertz CT molecular complexity index is 120. The van der Waals surface area contributed by atoms with Gasteiger partial charge in [0.05, 0.1) is 0 Å². The van der Waals surface area contributed by atoms with Crippen LogP contribution in [-0.2, 0) is 0 Å². The number of halogens is 4. The fraction of sp³-hybridized carbons (Fsp3) is 1.00. The molecule has 0 aromatic heterocycles. The van der Waals surface area contributed by atoms with Crippen molar-refractivity contribution >= 4 is 0 Å². The lowest BCUT2D eigenvalue weighted by molar-refractivity contribution is -0.214. The van der Waals surface area contributed by atoms with Gasteiger partial charge >= 0.3 is 6.11 Å². The number of hydrogen-bond acceptors (Lipinski definition) is 2. The van der Waals surface area contributed by atoms with E-state index in [2.05, 4.69) is 0 Å². The molecule has 0 rings (SSSR count). The Morgan fingerprint density at radius 3 is 1.73 bits per heavy atom. The van der Waals surface area contributed by atoms with Gasteiger partial charge < -0.3 is 10.2 Å². The summed E-state index contributed by atoms with van der Waals surface area (Å²) in [5, 5.41) is 15.6. The lowest BCUT2D eigenvalue weighted by atomic mass is 10.2. The molecule has 0 fully saturated rings. The second-order valence-corrected chi connectivity index (χ2v) is 2.18. The maximum absolute atomic E-state index is 12.0. The van der Waals surface area contributed by atoms with Crippen molar-refractivity contribution in [3.63, 3.8) is 0 Å². The van der Waals surface area contributed by atoms with Crippen molar-refractivity contribution in [1.29, 1.82) is 0 Å². The van der Waals surface area contributed by atoms with E-state index < -0.39 is 31.5 Å². The monoisotopic (exact) mass is 176 g/mol. The molecule has 0 aromatic rings. The van der Waals surface area contributed by atoms with Gasteiger partial charge in [0.15, 0.2) is 0 Å². The first-order chi connectivity index (χ1) is 4.77. The van der Waals surface area contributed by atoms with E-state index in [1.807, 2.05) is 0 Å². The third-order valence-corrected chi connectivity index (χ3v) is 1.02. The van der Waals surface area contributed by atoms with Gasteiger partial charge in [0.25, 0.3) is 5.92 Å². The number of alkyl halides is 4. The fourth-order valence-electron chi connectivity index (χ4n) is 0.412. The molecule has 0 spiro atoms. The SMILES string of the molecule is OCC(F)(F)CCC(O)(F)F. The van der Waals surface area contributed by atoms with Gasteiger partial charge in [0.2, 0.25) is 0 Å². The van der Waals surface area contributed by atoms with Crippen molar-refractivity contribution in [3.8, 4) is 0 Å². The van der Waals surface area contributed by atoms with Crippen molar-refractivity contribution in [3.05, 3.63) is 0 Å². The summed E-state index contributed by atoms with van der Waals surface area (Å²) in [6.45, 7) is -1.48. The maximum atomic E-state index is 12.0. The Morgan fingerprint density at radius 2 is 1.45 bits per heavy atom. The van der Waals surface area contributed by atoms with E-state index in [0.29, 0.717) is 0 Å². The first-order valence-electron chi connectivity index (χ1n) is 2.86. The predicted molar refractivity (Wildman–Crippen MR) is 28.4 cm³/mol. The van der Waals surface area contributed by atoms with E-state index in [9.17, 15) is 17.6 Å². The van der Waals surface area contributed by atoms with Gasteiger partial charge in [0, 0.05) is 12.8 Å². The van der Waals surface area contributed by atoms with Gasteiger partial charge in [-0.1, -0.05) is 0 Å². The van der Waals surface area contributed by atoms with Crippen LogP contribution in [0.2, 0.25) is 0 Å². The van der Waals surface area contributed by atoms with Crippen LogP contribution in [0.3, 0.4) is 0 Å². The van der Waals surface area contributed by atoms with Crippen LogP contribution in [0.4, 0.5) is 17.6 Å². The van der Waals surface area contributed by atoms with Crippen LogP contribution < -0.4 is 0 Å². The summed E-state index contributed by atoms with van der Waals surface area (Å²) in [6.07, 6.45) is -6.66. The van der Waals surface area contributed by atoms with Crippen LogP contribution in [0.15, 0.2) is 0 Å². The lowest BCUT2D eigenvalue weighted by Crippen LogP contribution is -2.25. The van der Waals surface area contributed by atoms with E-state index in [1.54, 1.807) is 0 Å². The second kappa shape index (κ2) is 3.36. The Kier molecular flexibility index (Phi) is 3.25. The van der Waals surface area contributed by atoms with Gasteiger partial charge in [-0.25, -0.2) is 8.78 Å². The molecule has 68 valence electrons. The van der Waals surface area contributed by atoms with Gasteiger partial charge in [0.1, 0.15) is 6.61 Å². The first-order valence-corrected chi connectivity index (χ1v) is 2.86. The first kappa shape index (κ1) is 10.6. The topological polar surface area (TPSA) is 40.5 Å². The molecule has 0 bridgehead atoms. The quantitative estimate of drug-likeness (QED) is 0.627. The summed E-state index contributed by atoms with van der Waals surface area (Å²) in [7, 11) is 0. The van der Waals surface area contributed by atoms with Crippen LogP contribution in [0, 0.1) is 0 Å². The molecule has 0 saturated heterocycles. The summed E-state index contributed by atoms with van der Waals surface area (Å²) in [6, 6.07) is 0. The largest absolute Gasteiger partial charge is 0.390 e. The summed E-state index contributed by atoms with van der Waals surface area (Å²) in [5.41, 5.74) is 0. The highest BCUT2D eigenvalue weighted by Gasteiger charge is 2.34. The molecular weight excluding hydrogens is 168 g/mol. The molecule has 2 nitrogen and oxygen atoms in total. The number of hydrogen-bond donors (Lipinski definition) is 2. The zero-order chi connectivity index (χ0) is 9.12. The van der Waals surface area contributed by atoms with Crippen LogP contribution in [0.1, 0.15) is 12.8 Å². The molecule has 0 heterocycles. The highest BCUT2D eigenvalue weighted by Crippen LogP contribution is 2.25. The van der Waals surface area contributed by atoms with Crippen molar-refractivity contribution in [2.75, 3.05) is 6.61 Å². The average Bonchev–Trinajstić information content (AvgIpc) is 1.83. The standard InChI is InChI=1S/C5H8F4O2/c6-4(7,3-10)1-2-5(8,9)11/h10-11H,1-3H2. The molecule has 11 heavy (non-hydrogen) atoms. The minimum absolute atomic E-state index is 1.23. The molecular formula is C5H8F4O2. The molecule has 0 aliphatic carbocycles. The van der Waals surface area contributed by atoms with Gasteiger partial charge in [-0.15, -0.1) is 0 Å². The zero-order valence-electron chi connectivity index (χ0n) is 5.53. The van der Waals surface area contributed by atoms with Crippen LogP contribution in [0.5, 0.6) is 0 Å². The maximum Gasteiger partial charge on any atom is 0.353 e. The Hall–Kier alpha value is -0.360. The van der Waals surface area contributed by atoms with E-state index in [1.165, 1.54) is 0 Å². The Morgan fingerprint density at radius 1 is 1.00 bits per heavy atom. The minimum atomic E-state index is -4.08. The smallest absolute Gasteiger partial charge is 0.353 e. The molecule has 0 amide bonds. The fourth-order valence-corrected chi connectivity index (χ4v) is 0.412. The molecule has 0 atom stereocenters. The highest BCUT2D eigenvalue weighted by molar-refractivity contribution is 4.66. The van der Waals surface area contributed by atoms with Crippen molar-refractivity contribution in [1.82, 2.24) is 0 Å². The Balaban J connectivity index is 3.70. The number of aliphatic hydroxyl groups is 2. The van der Waals surface area contributed by atoms with Crippen LogP contribution in [-0.4, -0.2) is 28.9 Å². The normalized spacial score (nSPS) is 13.6. The minimum Gasteiger partial charge on any atom is -0.390 e. The molecule has 6 heteroatoms. The van der Waals surface area contributed by atoms with E-state index in [-0.39, 0.29) is 0 Å². The third kappa shape index (κ3) is 6.05. The predicted octanol–water partition coefficient (Wildman–Crippen LogP) is 0.979. The number of aliphatic hydroxyl groups excluding tert-OH is 1. The summed E-state index contributed by atoms with van der Waals surface area (Å²) < 4.78 is 47.0. The molecule has 0 aliphatic heterocycles. The zero-order valence-corrected chi connectivity index (χ0v) is 5.53. The van der Waals surface area contributed by atoms with Crippen molar-refractivity contribution in [2.45, 2.75) is 24.9 Å². The molecule has 2 N–H and O–H groups in total. The second-order valence-electron chi connectivity index (χ2n) is 2.18. The molecule has 0 saturated carbocycles. The van der Waals surface area contributed by atoms with Crippen LogP contribution >= 0.6 is 0 Å². The van der Waals surface area contributed by atoms with E-state index in [0.717, 1.165) is 0 Å². The molecule has 0 aromatic carbocycles. The van der Waals surface area contributed by atoms with E-state index in [4.69, 9.17) is 10.2 Å². The average molecular weight is 176 g/mol. The summed E-state index contributed by atoms with van der Waals surface area (Å²) in [5.74, 6) is -3.54. The number of rotatable bonds is 4. The summed E-state index contributed by atoms with van der Waals surface area (Å²) in [4.78, 5) is 0. The molecule has 0 aliphatic rings.